The van der Waals surface area contributed by atoms with Crippen molar-refractivity contribution in [2.24, 2.45) is 5.92 Å². The van der Waals surface area contributed by atoms with Crippen LogP contribution in [0.15, 0.2) is 42.1 Å². The van der Waals surface area contributed by atoms with Crippen LogP contribution in [0.4, 0.5) is 0 Å². The fourth-order valence-corrected chi connectivity index (χ4v) is 2.97. The molecule has 1 aromatic carbocycles. The summed E-state index contributed by atoms with van der Waals surface area (Å²) in [5, 5.41) is 13.6. The Morgan fingerprint density at radius 1 is 1.33 bits per heavy atom. The van der Waals surface area contributed by atoms with Crippen molar-refractivity contribution in [2.45, 2.75) is 12.8 Å². The molecule has 0 spiro atoms. The van der Waals surface area contributed by atoms with Gasteiger partial charge in [-0.2, -0.15) is 0 Å². The molecule has 3 N–H and O–H groups in total. The van der Waals surface area contributed by atoms with Crippen LogP contribution >= 0.6 is 12.4 Å². The highest BCUT2D eigenvalue weighted by Crippen LogP contribution is 2.19. The quantitative estimate of drug-likeness (QED) is 0.571. The molecule has 0 aliphatic carbocycles. The SMILES string of the molecule is Cl.O=C(Cc1c[nH]c2ccccc12)OCC1CNCC=C(CO)C1. The number of ether oxygens (including phenoxy) is 1. The Morgan fingerprint density at radius 3 is 3.00 bits per heavy atom. The minimum atomic E-state index is -0.214. The van der Waals surface area contributed by atoms with Gasteiger partial charge in [0.15, 0.2) is 0 Å². The lowest BCUT2D eigenvalue weighted by Crippen LogP contribution is -2.26. The molecule has 1 aliphatic rings. The third kappa shape index (κ3) is 4.60. The minimum absolute atomic E-state index is 0. The van der Waals surface area contributed by atoms with Crippen LogP contribution in [-0.4, -0.2) is 42.4 Å². The number of H-pyrrole nitrogens is 1. The highest BCUT2D eigenvalue weighted by atomic mass is 35.5. The number of hydrogen-bond donors (Lipinski definition) is 3. The molecule has 0 amide bonds. The van der Waals surface area contributed by atoms with Crippen molar-refractivity contribution >= 4 is 29.3 Å². The van der Waals surface area contributed by atoms with Crippen molar-refractivity contribution < 1.29 is 14.6 Å². The van der Waals surface area contributed by atoms with Crippen LogP contribution in [0.25, 0.3) is 10.9 Å². The van der Waals surface area contributed by atoms with Crippen LogP contribution in [0.3, 0.4) is 0 Å². The maximum Gasteiger partial charge on any atom is 0.310 e. The van der Waals surface area contributed by atoms with Crippen molar-refractivity contribution in [3.05, 3.63) is 47.7 Å². The summed E-state index contributed by atoms with van der Waals surface area (Å²) in [4.78, 5) is 15.3. The van der Waals surface area contributed by atoms with E-state index < -0.39 is 0 Å². The van der Waals surface area contributed by atoms with E-state index in [-0.39, 0.29) is 37.3 Å². The minimum Gasteiger partial charge on any atom is -0.465 e. The number of aliphatic hydroxyl groups excluding tert-OH is 1. The van der Waals surface area contributed by atoms with Crippen LogP contribution in [0.2, 0.25) is 0 Å². The van der Waals surface area contributed by atoms with Crippen LogP contribution in [-0.2, 0) is 16.0 Å². The van der Waals surface area contributed by atoms with E-state index in [2.05, 4.69) is 10.3 Å². The van der Waals surface area contributed by atoms with E-state index >= 15 is 0 Å². The normalized spacial score (nSPS) is 17.7. The Bertz CT molecular complexity index is 711. The molecule has 1 aromatic heterocycles. The summed E-state index contributed by atoms with van der Waals surface area (Å²) in [6.07, 6.45) is 4.91. The molecule has 2 aromatic rings. The van der Waals surface area contributed by atoms with Gasteiger partial charge in [0.05, 0.1) is 19.6 Å². The standard InChI is InChI=1S/C18H22N2O3.ClH/c21-11-13-5-6-19-9-14(7-13)12-23-18(22)8-15-10-20-17-4-2-1-3-16(15)17;/h1-5,10,14,19-21H,6-9,11-12H2;1H. The summed E-state index contributed by atoms with van der Waals surface area (Å²) >= 11 is 0. The lowest BCUT2D eigenvalue weighted by molar-refractivity contribution is -0.144. The Morgan fingerprint density at radius 2 is 2.17 bits per heavy atom. The molecule has 24 heavy (non-hydrogen) atoms. The van der Waals surface area contributed by atoms with E-state index in [0.29, 0.717) is 6.61 Å². The second-order valence-corrected chi connectivity index (χ2v) is 5.97. The second-order valence-electron chi connectivity index (χ2n) is 5.97. The molecule has 0 saturated heterocycles. The van der Waals surface area contributed by atoms with Gasteiger partial charge in [-0.15, -0.1) is 12.4 Å². The monoisotopic (exact) mass is 350 g/mol. The first-order chi connectivity index (χ1) is 11.3. The number of para-hydroxylation sites is 1. The van der Waals surface area contributed by atoms with Gasteiger partial charge < -0.3 is 20.1 Å². The number of hydrogen-bond acceptors (Lipinski definition) is 4. The Hall–Kier alpha value is -1.82. The van der Waals surface area contributed by atoms with Gasteiger partial charge in [-0.1, -0.05) is 24.3 Å². The van der Waals surface area contributed by atoms with E-state index in [1.807, 2.05) is 36.5 Å². The molecule has 1 aliphatic heterocycles. The Kier molecular flexibility index (Phi) is 6.85. The molecule has 0 bridgehead atoms. The van der Waals surface area contributed by atoms with Crippen LogP contribution in [0, 0.1) is 5.92 Å². The van der Waals surface area contributed by atoms with Gasteiger partial charge in [0.1, 0.15) is 0 Å². The lowest BCUT2D eigenvalue weighted by atomic mass is 10.0. The average molecular weight is 351 g/mol. The number of nitrogens with one attached hydrogen (secondary N) is 2. The maximum atomic E-state index is 12.1. The molecule has 130 valence electrons. The van der Waals surface area contributed by atoms with Crippen LogP contribution in [0.5, 0.6) is 0 Å². The molecule has 2 heterocycles. The smallest absolute Gasteiger partial charge is 0.310 e. The number of carbonyl (C=O) groups is 1. The number of fused-ring (bicyclic) bond motifs is 1. The second kappa shape index (κ2) is 8.87. The fraction of sp³-hybridized carbons (Fsp3) is 0.389. The molecule has 0 radical (unpaired) electrons. The first kappa shape index (κ1) is 18.5. The Labute approximate surface area is 147 Å². The van der Waals surface area contributed by atoms with Gasteiger partial charge in [0, 0.05) is 36.1 Å². The zero-order valence-corrected chi connectivity index (χ0v) is 14.3. The van der Waals surface area contributed by atoms with Gasteiger partial charge in [0.2, 0.25) is 0 Å². The third-order valence-electron chi connectivity index (χ3n) is 4.21. The van der Waals surface area contributed by atoms with Crippen molar-refractivity contribution in [3.63, 3.8) is 0 Å². The van der Waals surface area contributed by atoms with Crippen LogP contribution < -0.4 is 5.32 Å². The van der Waals surface area contributed by atoms with Crippen molar-refractivity contribution in [2.75, 3.05) is 26.3 Å². The molecule has 5 nitrogen and oxygen atoms in total. The summed E-state index contributed by atoms with van der Waals surface area (Å²) in [7, 11) is 0. The highest BCUT2D eigenvalue weighted by Gasteiger charge is 2.17. The van der Waals surface area contributed by atoms with Crippen molar-refractivity contribution in [3.8, 4) is 0 Å². The van der Waals surface area contributed by atoms with Gasteiger partial charge >= 0.3 is 5.97 Å². The van der Waals surface area contributed by atoms with Gasteiger partial charge in [-0.05, 0) is 23.6 Å². The molecule has 6 heteroatoms. The molecule has 1 atom stereocenters. The molecular weight excluding hydrogens is 328 g/mol. The predicted octanol–water partition coefficient (Wildman–Crippen LogP) is 2.20. The van der Waals surface area contributed by atoms with Crippen molar-refractivity contribution in [1.29, 1.82) is 0 Å². The first-order valence-electron chi connectivity index (χ1n) is 7.96. The number of benzene rings is 1. The first-order valence-corrected chi connectivity index (χ1v) is 7.96. The van der Waals surface area contributed by atoms with E-state index in [1.165, 1.54) is 0 Å². The molecule has 0 fully saturated rings. The molecule has 3 rings (SSSR count). The van der Waals surface area contributed by atoms with Crippen molar-refractivity contribution in [1.82, 2.24) is 10.3 Å². The number of carbonyl (C=O) groups excluding carboxylic acids is 1. The fourth-order valence-electron chi connectivity index (χ4n) is 2.97. The zero-order chi connectivity index (χ0) is 16.1. The molecular formula is C18H23ClN2O3. The molecule has 0 saturated carbocycles. The number of aromatic amines is 1. The topological polar surface area (TPSA) is 74.4 Å². The average Bonchev–Trinajstić information content (AvgIpc) is 2.83. The summed E-state index contributed by atoms with van der Waals surface area (Å²) in [5.41, 5.74) is 2.99. The van der Waals surface area contributed by atoms with Gasteiger partial charge in [0.25, 0.3) is 0 Å². The van der Waals surface area contributed by atoms with E-state index in [1.54, 1.807) is 0 Å². The maximum absolute atomic E-state index is 12.1. The predicted molar refractivity (Wildman–Crippen MR) is 96.4 cm³/mol. The number of aliphatic hydroxyl groups is 1. The zero-order valence-electron chi connectivity index (χ0n) is 13.5. The largest absolute Gasteiger partial charge is 0.465 e. The summed E-state index contributed by atoms with van der Waals surface area (Å²) < 4.78 is 5.45. The van der Waals surface area contributed by atoms with E-state index in [4.69, 9.17) is 4.74 Å². The third-order valence-corrected chi connectivity index (χ3v) is 4.21. The highest BCUT2D eigenvalue weighted by molar-refractivity contribution is 5.87. The lowest BCUT2D eigenvalue weighted by Gasteiger charge is -2.15. The number of rotatable bonds is 5. The number of esters is 1. The van der Waals surface area contributed by atoms with Gasteiger partial charge in [-0.25, -0.2) is 0 Å². The van der Waals surface area contributed by atoms with Crippen LogP contribution in [0.1, 0.15) is 12.0 Å². The summed E-state index contributed by atoms with van der Waals surface area (Å²) in [5.74, 6) is -0.00338. The number of aromatic nitrogens is 1. The summed E-state index contributed by atoms with van der Waals surface area (Å²) in [6, 6.07) is 7.92. The summed E-state index contributed by atoms with van der Waals surface area (Å²) in [6.45, 7) is 2.00. The number of halogens is 1. The Balaban J connectivity index is 0.00000208. The van der Waals surface area contributed by atoms with Gasteiger partial charge in [-0.3, -0.25) is 4.79 Å². The van der Waals surface area contributed by atoms with E-state index in [9.17, 15) is 9.90 Å². The molecule has 1 unspecified atom stereocenters. The van der Waals surface area contributed by atoms with E-state index in [0.717, 1.165) is 41.5 Å².